The molecule has 0 fully saturated rings. The second-order valence-corrected chi connectivity index (χ2v) is 5.24. The highest BCUT2D eigenvalue weighted by Gasteiger charge is 2.11. The number of hydrogen-bond donors (Lipinski definition) is 0. The van der Waals surface area contributed by atoms with Crippen LogP contribution in [-0.4, -0.2) is 25.8 Å². The molecule has 84 valence electrons. The third kappa shape index (κ3) is 4.90. The Labute approximate surface area is 90.4 Å². The Morgan fingerprint density at radius 3 is 2.73 bits per heavy atom. The Morgan fingerprint density at radius 1 is 1.53 bits per heavy atom. The first-order chi connectivity index (χ1) is 6.87. The van der Waals surface area contributed by atoms with Crippen LogP contribution in [0.4, 0.5) is 0 Å². The van der Waals surface area contributed by atoms with Crippen LogP contribution in [0.5, 0.6) is 0 Å². The zero-order valence-corrected chi connectivity index (χ0v) is 9.91. The Bertz CT molecular complexity index is 428. The van der Waals surface area contributed by atoms with Crippen LogP contribution in [0, 0.1) is 6.92 Å². The summed E-state index contributed by atoms with van der Waals surface area (Å²) in [6, 6.07) is 3.81. The zero-order valence-electron chi connectivity index (χ0n) is 9.10. The molecule has 0 radical (unpaired) electrons. The number of rotatable bonds is 4. The molecular formula is C10H15NO3S. The van der Waals surface area contributed by atoms with Crippen LogP contribution >= 0.6 is 0 Å². The maximum Gasteiger partial charge on any atom is 0.264 e. The summed E-state index contributed by atoms with van der Waals surface area (Å²) >= 11 is 0. The average molecular weight is 229 g/mol. The number of aromatic nitrogens is 1. The third-order valence-corrected chi connectivity index (χ3v) is 2.49. The van der Waals surface area contributed by atoms with Gasteiger partial charge in [-0.05, 0) is 31.5 Å². The Balaban J connectivity index is 2.63. The van der Waals surface area contributed by atoms with E-state index in [1.54, 1.807) is 13.1 Å². The fourth-order valence-electron chi connectivity index (χ4n) is 1.34. The van der Waals surface area contributed by atoms with Crippen molar-refractivity contribution in [1.82, 2.24) is 4.98 Å². The molecule has 1 aromatic heterocycles. The lowest BCUT2D eigenvalue weighted by atomic mass is 10.1. The van der Waals surface area contributed by atoms with Gasteiger partial charge in [0.25, 0.3) is 10.1 Å². The summed E-state index contributed by atoms with van der Waals surface area (Å²) < 4.78 is 26.5. The van der Waals surface area contributed by atoms with Gasteiger partial charge >= 0.3 is 0 Å². The number of nitrogens with zero attached hydrogens (tertiary/aromatic N) is 1. The number of aryl methyl sites for hydroxylation is 1. The highest BCUT2D eigenvalue weighted by Crippen LogP contribution is 2.07. The van der Waals surface area contributed by atoms with Gasteiger partial charge in [-0.25, -0.2) is 0 Å². The first-order valence-corrected chi connectivity index (χ1v) is 6.48. The highest BCUT2D eigenvalue weighted by molar-refractivity contribution is 7.86. The molecule has 4 nitrogen and oxygen atoms in total. The number of hydrogen-bond acceptors (Lipinski definition) is 4. The van der Waals surface area contributed by atoms with Crippen molar-refractivity contribution in [3.8, 4) is 0 Å². The van der Waals surface area contributed by atoms with Crippen molar-refractivity contribution >= 4 is 10.1 Å². The van der Waals surface area contributed by atoms with Crippen LogP contribution in [0.25, 0.3) is 0 Å². The molecule has 1 aromatic rings. The summed E-state index contributed by atoms with van der Waals surface area (Å²) in [5, 5.41) is 0. The standard InChI is InChI=1S/C10H15NO3S/c1-8-4-5-11-10(6-8)7-9(2)14-15(3,12)13/h4-6,9H,7H2,1-3H3. The van der Waals surface area contributed by atoms with Gasteiger partial charge < -0.3 is 0 Å². The van der Waals surface area contributed by atoms with E-state index in [2.05, 4.69) is 4.98 Å². The lowest BCUT2D eigenvalue weighted by molar-refractivity contribution is 0.230. The summed E-state index contributed by atoms with van der Waals surface area (Å²) in [4.78, 5) is 4.13. The molecule has 0 aliphatic heterocycles. The minimum absolute atomic E-state index is 0.380. The predicted molar refractivity (Wildman–Crippen MR) is 58.1 cm³/mol. The van der Waals surface area contributed by atoms with Gasteiger partial charge in [0.2, 0.25) is 0 Å². The van der Waals surface area contributed by atoms with Gasteiger partial charge in [-0.3, -0.25) is 9.17 Å². The van der Waals surface area contributed by atoms with Crippen LogP contribution in [0.15, 0.2) is 18.3 Å². The van der Waals surface area contributed by atoms with Gasteiger partial charge in [0, 0.05) is 18.3 Å². The molecule has 0 aliphatic carbocycles. The van der Waals surface area contributed by atoms with Crippen LogP contribution in [0.1, 0.15) is 18.2 Å². The van der Waals surface area contributed by atoms with E-state index in [1.165, 1.54) is 0 Å². The fourth-order valence-corrected chi connectivity index (χ4v) is 2.00. The molecule has 1 atom stereocenters. The SMILES string of the molecule is Cc1ccnc(CC(C)OS(C)(=O)=O)c1. The molecule has 0 saturated heterocycles. The second kappa shape index (κ2) is 4.72. The Morgan fingerprint density at radius 2 is 2.20 bits per heavy atom. The maximum absolute atomic E-state index is 10.9. The predicted octanol–water partition coefficient (Wildman–Crippen LogP) is 1.30. The van der Waals surface area contributed by atoms with E-state index in [9.17, 15) is 8.42 Å². The van der Waals surface area contributed by atoms with E-state index in [1.807, 2.05) is 19.1 Å². The van der Waals surface area contributed by atoms with Crippen molar-refractivity contribution in [2.24, 2.45) is 0 Å². The van der Waals surface area contributed by atoms with Crippen molar-refractivity contribution in [3.05, 3.63) is 29.6 Å². The van der Waals surface area contributed by atoms with Gasteiger partial charge in [0.15, 0.2) is 0 Å². The van der Waals surface area contributed by atoms with Crippen LogP contribution in [-0.2, 0) is 20.7 Å². The normalized spacial score (nSPS) is 13.8. The Hall–Kier alpha value is -0.940. The molecule has 15 heavy (non-hydrogen) atoms. The molecule has 0 saturated carbocycles. The molecule has 1 heterocycles. The molecule has 0 aromatic carbocycles. The molecule has 5 heteroatoms. The summed E-state index contributed by atoms with van der Waals surface area (Å²) in [6.07, 6.45) is 2.87. The first kappa shape index (κ1) is 12.1. The zero-order chi connectivity index (χ0) is 11.5. The van der Waals surface area contributed by atoms with Crippen molar-refractivity contribution in [1.29, 1.82) is 0 Å². The molecule has 0 amide bonds. The molecule has 1 rings (SSSR count). The minimum atomic E-state index is -3.38. The molecule has 0 bridgehead atoms. The van der Waals surface area contributed by atoms with Gasteiger partial charge in [0.1, 0.15) is 0 Å². The first-order valence-electron chi connectivity index (χ1n) is 4.66. The van der Waals surface area contributed by atoms with Crippen molar-refractivity contribution in [2.75, 3.05) is 6.26 Å². The largest absolute Gasteiger partial charge is 0.267 e. The van der Waals surface area contributed by atoms with Crippen molar-refractivity contribution in [3.63, 3.8) is 0 Å². The second-order valence-electron chi connectivity index (χ2n) is 3.64. The molecule has 0 N–H and O–H groups in total. The van der Waals surface area contributed by atoms with E-state index < -0.39 is 10.1 Å². The van der Waals surface area contributed by atoms with Gasteiger partial charge in [-0.1, -0.05) is 0 Å². The molecular weight excluding hydrogens is 214 g/mol. The minimum Gasteiger partial charge on any atom is -0.267 e. The quantitative estimate of drug-likeness (QED) is 0.730. The average Bonchev–Trinajstić information content (AvgIpc) is 1.99. The number of pyridine rings is 1. The summed E-state index contributed by atoms with van der Waals surface area (Å²) in [5.74, 6) is 0. The molecule has 0 spiro atoms. The van der Waals surface area contributed by atoms with Crippen LogP contribution in [0.3, 0.4) is 0 Å². The molecule has 1 unspecified atom stereocenters. The van der Waals surface area contributed by atoms with E-state index >= 15 is 0 Å². The lowest BCUT2D eigenvalue weighted by Crippen LogP contribution is -2.17. The highest BCUT2D eigenvalue weighted by atomic mass is 32.2. The van der Waals surface area contributed by atoms with Crippen LogP contribution < -0.4 is 0 Å². The van der Waals surface area contributed by atoms with E-state index in [0.717, 1.165) is 17.5 Å². The van der Waals surface area contributed by atoms with E-state index in [4.69, 9.17) is 4.18 Å². The van der Waals surface area contributed by atoms with Crippen molar-refractivity contribution in [2.45, 2.75) is 26.4 Å². The Kier molecular flexibility index (Phi) is 3.82. The lowest BCUT2D eigenvalue weighted by Gasteiger charge is -2.10. The third-order valence-electron chi connectivity index (χ3n) is 1.81. The van der Waals surface area contributed by atoms with Gasteiger partial charge in [-0.15, -0.1) is 0 Å². The van der Waals surface area contributed by atoms with Crippen LogP contribution in [0.2, 0.25) is 0 Å². The summed E-state index contributed by atoms with van der Waals surface area (Å²) in [7, 11) is -3.38. The topological polar surface area (TPSA) is 56.3 Å². The van der Waals surface area contributed by atoms with E-state index in [0.29, 0.717) is 6.42 Å². The van der Waals surface area contributed by atoms with E-state index in [-0.39, 0.29) is 6.10 Å². The van der Waals surface area contributed by atoms with Crippen molar-refractivity contribution < 1.29 is 12.6 Å². The maximum atomic E-state index is 10.9. The van der Waals surface area contributed by atoms with Gasteiger partial charge in [-0.2, -0.15) is 8.42 Å². The summed E-state index contributed by atoms with van der Waals surface area (Å²) in [6.45, 7) is 3.68. The van der Waals surface area contributed by atoms with Gasteiger partial charge in [0.05, 0.1) is 12.4 Å². The smallest absolute Gasteiger partial charge is 0.264 e. The molecule has 0 aliphatic rings. The monoisotopic (exact) mass is 229 g/mol. The summed E-state index contributed by atoms with van der Waals surface area (Å²) in [5.41, 5.74) is 1.94. The fraction of sp³-hybridized carbons (Fsp3) is 0.500.